The van der Waals surface area contributed by atoms with E-state index in [1.165, 1.54) is 0 Å². The number of hydrogen-bond acceptors (Lipinski definition) is 4. The molecule has 2 unspecified atom stereocenters. The van der Waals surface area contributed by atoms with Crippen molar-refractivity contribution in [2.45, 2.75) is 18.9 Å². The van der Waals surface area contributed by atoms with E-state index in [4.69, 9.17) is 10.5 Å². The van der Waals surface area contributed by atoms with E-state index in [0.29, 0.717) is 5.92 Å². The molecule has 2 aromatic rings. The topological polar surface area (TPSA) is 52.5 Å². The maximum Gasteiger partial charge on any atom is 0.193 e. The molecule has 86 valence electrons. The van der Waals surface area contributed by atoms with Gasteiger partial charge >= 0.3 is 0 Å². The zero-order valence-corrected chi connectivity index (χ0v) is 9.82. The zero-order chi connectivity index (χ0) is 11.0. The third-order valence-corrected chi connectivity index (χ3v) is 3.92. The summed E-state index contributed by atoms with van der Waals surface area (Å²) in [7, 11) is 0. The molecule has 2 aromatic heterocycles. The van der Waals surface area contributed by atoms with Crippen molar-refractivity contribution in [3.05, 3.63) is 23.5 Å². The van der Waals surface area contributed by atoms with Crippen molar-refractivity contribution in [1.82, 2.24) is 9.38 Å². The number of hydrogen-bond donors (Lipinski definition) is 1. The van der Waals surface area contributed by atoms with Gasteiger partial charge in [0.1, 0.15) is 0 Å². The lowest BCUT2D eigenvalue weighted by atomic mass is 9.92. The van der Waals surface area contributed by atoms with Crippen LogP contribution >= 0.6 is 11.3 Å². The van der Waals surface area contributed by atoms with Crippen LogP contribution in [-0.4, -0.2) is 28.6 Å². The Bertz CT molecular complexity index is 450. The minimum Gasteiger partial charge on any atom is -0.381 e. The molecule has 0 saturated carbocycles. The molecule has 5 heteroatoms. The summed E-state index contributed by atoms with van der Waals surface area (Å²) < 4.78 is 7.53. The normalized spacial score (nSPS) is 26.3. The molecule has 1 aliphatic rings. The van der Waals surface area contributed by atoms with Gasteiger partial charge in [-0.3, -0.25) is 4.40 Å². The van der Waals surface area contributed by atoms with E-state index in [2.05, 4.69) is 15.6 Å². The summed E-state index contributed by atoms with van der Waals surface area (Å²) in [5, 5.41) is 2.04. The highest BCUT2D eigenvalue weighted by atomic mass is 32.1. The number of nitrogens with zero attached hydrogens (tertiary/aromatic N) is 2. The largest absolute Gasteiger partial charge is 0.381 e. The Hall–Kier alpha value is -0.910. The average Bonchev–Trinajstić information content (AvgIpc) is 2.81. The van der Waals surface area contributed by atoms with Gasteiger partial charge in [0.15, 0.2) is 4.96 Å². The highest BCUT2D eigenvalue weighted by molar-refractivity contribution is 7.15. The van der Waals surface area contributed by atoms with E-state index in [-0.39, 0.29) is 6.04 Å². The van der Waals surface area contributed by atoms with Gasteiger partial charge in [0.2, 0.25) is 0 Å². The van der Waals surface area contributed by atoms with Crippen molar-refractivity contribution in [3.63, 3.8) is 0 Å². The van der Waals surface area contributed by atoms with Crippen LogP contribution < -0.4 is 5.73 Å². The Morgan fingerprint density at radius 3 is 3.38 bits per heavy atom. The second kappa shape index (κ2) is 4.16. The first-order chi connectivity index (χ1) is 7.83. The Balaban J connectivity index is 1.76. The molecule has 3 rings (SSSR count). The fraction of sp³-hybridized carbons (Fsp3) is 0.545. The summed E-state index contributed by atoms with van der Waals surface area (Å²) in [5.74, 6) is 0.415. The van der Waals surface area contributed by atoms with Crippen molar-refractivity contribution in [3.8, 4) is 0 Å². The second-order valence-corrected chi connectivity index (χ2v) is 5.19. The van der Waals surface area contributed by atoms with Crippen LogP contribution in [0.4, 0.5) is 0 Å². The van der Waals surface area contributed by atoms with Crippen LogP contribution in [0, 0.1) is 5.92 Å². The molecule has 2 N–H and O–H groups in total. The van der Waals surface area contributed by atoms with Gasteiger partial charge in [0.25, 0.3) is 0 Å². The van der Waals surface area contributed by atoms with Crippen LogP contribution in [0.5, 0.6) is 0 Å². The number of fused-ring (bicyclic) bond motifs is 1. The van der Waals surface area contributed by atoms with E-state index in [1.54, 1.807) is 11.3 Å². The Labute approximate surface area is 98.0 Å². The van der Waals surface area contributed by atoms with Crippen molar-refractivity contribution < 1.29 is 4.74 Å². The first-order valence-electron chi connectivity index (χ1n) is 5.57. The third-order valence-electron chi connectivity index (χ3n) is 3.15. The lowest BCUT2D eigenvalue weighted by Gasteiger charge is -2.27. The van der Waals surface area contributed by atoms with Crippen molar-refractivity contribution in [1.29, 1.82) is 0 Å². The van der Waals surface area contributed by atoms with Gasteiger partial charge in [0.05, 0.1) is 12.3 Å². The molecule has 4 nitrogen and oxygen atoms in total. The Morgan fingerprint density at radius 2 is 2.56 bits per heavy atom. The maximum absolute atomic E-state index is 6.08. The molecule has 1 aliphatic heterocycles. The molecule has 1 fully saturated rings. The standard InChI is InChI=1S/C11H15N3OS/c12-10-1-3-15-7-8(10)5-9-6-14-2-4-16-11(14)13-9/h2,4,6,8,10H,1,3,5,7,12H2. The first-order valence-corrected chi connectivity index (χ1v) is 6.45. The zero-order valence-electron chi connectivity index (χ0n) is 9.00. The predicted octanol–water partition coefficient (Wildman–Crippen LogP) is 1.30. The molecule has 0 amide bonds. The van der Waals surface area contributed by atoms with Crippen LogP contribution in [0.25, 0.3) is 4.96 Å². The number of thiazole rings is 1. The molecule has 0 radical (unpaired) electrons. The van der Waals surface area contributed by atoms with Crippen LogP contribution in [0.3, 0.4) is 0 Å². The molecular weight excluding hydrogens is 222 g/mol. The summed E-state index contributed by atoms with van der Waals surface area (Å²) in [5.41, 5.74) is 7.21. The smallest absolute Gasteiger partial charge is 0.193 e. The minimum absolute atomic E-state index is 0.258. The Kier molecular flexibility index (Phi) is 2.67. The third kappa shape index (κ3) is 1.86. The lowest BCUT2D eigenvalue weighted by Crippen LogP contribution is -2.39. The lowest BCUT2D eigenvalue weighted by molar-refractivity contribution is 0.0419. The van der Waals surface area contributed by atoms with E-state index in [9.17, 15) is 0 Å². The van der Waals surface area contributed by atoms with Crippen LogP contribution in [0.1, 0.15) is 12.1 Å². The maximum atomic E-state index is 6.08. The van der Waals surface area contributed by atoms with Crippen molar-refractivity contribution in [2.75, 3.05) is 13.2 Å². The number of aromatic nitrogens is 2. The highest BCUT2D eigenvalue weighted by Crippen LogP contribution is 2.19. The summed E-state index contributed by atoms with van der Waals surface area (Å²) in [6.07, 6.45) is 6.02. The average molecular weight is 237 g/mol. The van der Waals surface area contributed by atoms with Gasteiger partial charge in [-0.1, -0.05) is 0 Å². The quantitative estimate of drug-likeness (QED) is 0.856. The van der Waals surface area contributed by atoms with Crippen molar-refractivity contribution >= 4 is 16.3 Å². The number of ether oxygens (including phenoxy) is 1. The molecule has 0 aromatic carbocycles. The highest BCUT2D eigenvalue weighted by Gasteiger charge is 2.23. The number of nitrogens with two attached hydrogens (primary N) is 1. The SMILES string of the molecule is NC1CCOCC1Cc1cn2ccsc2n1. The van der Waals surface area contributed by atoms with E-state index in [1.807, 2.05) is 11.6 Å². The molecule has 0 bridgehead atoms. The van der Waals surface area contributed by atoms with Gasteiger partial charge in [-0.05, 0) is 12.8 Å². The molecule has 3 heterocycles. The second-order valence-electron chi connectivity index (χ2n) is 4.32. The predicted molar refractivity (Wildman–Crippen MR) is 63.7 cm³/mol. The number of rotatable bonds is 2. The van der Waals surface area contributed by atoms with E-state index < -0.39 is 0 Å². The number of imidazole rings is 1. The van der Waals surface area contributed by atoms with Gasteiger partial charge in [-0.25, -0.2) is 4.98 Å². The monoisotopic (exact) mass is 237 g/mol. The molecule has 0 aliphatic carbocycles. The summed E-state index contributed by atoms with van der Waals surface area (Å²) in [4.78, 5) is 5.63. The van der Waals surface area contributed by atoms with Gasteiger partial charge in [-0.2, -0.15) is 0 Å². The fourth-order valence-corrected chi connectivity index (χ4v) is 2.89. The van der Waals surface area contributed by atoms with Gasteiger partial charge in [-0.15, -0.1) is 11.3 Å². The van der Waals surface area contributed by atoms with Crippen LogP contribution in [0.15, 0.2) is 17.8 Å². The van der Waals surface area contributed by atoms with Gasteiger partial charge < -0.3 is 10.5 Å². The van der Waals surface area contributed by atoms with Crippen LogP contribution in [0.2, 0.25) is 0 Å². The molecule has 1 saturated heterocycles. The molecular formula is C11H15N3OS. The van der Waals surface area contributed by atoms with E-state index >= 15 is 0 Å². The molecule has 16 heavy (non-hydrogen) atoms. The first kappa shape index (κ1) is 10.3. The molecule has 0 spiro atoms. The Morgan fingerprint density at radius 1 is 1.62 bits per heavy atom. The van der Waals surface area contributed by atoms with Crippen LogP contribution in [-0.2, 0) is 11.2 Å². The summed E-state index contributed by atoms with van der Waals surface area (Å²) in [6, 6.07) is 0.258. The fourth-order valence-electron chi connectivity index (χ4n) is 2.17. The van der Waals surface area contributed by atoms with Crippen molar-refractivity contribution in [2.24, 2.45) is 11.7 Å². The van der Waals surface area contributed by atoms with Gasteiger partial charge in [0, 0.05) is 36.3 Å². The summed E-state index contributed by atoms with van der Waals surface area (Å²) in [6.45, 7) is 1.57. The van der Waals surface area contributed by atoms with E-state index in [0.717, 1.165) is 36.7 Å². The molecule has 2 atom stereocenters. The minimum atomic E-state index is 0.258. The summed E-state index contributed by atoms with van der Waals surface area (Å²) >= 11 is 1.66.